The highest BCUT2D eigenvalue weighted by Crippen LogP contribution is 2.24. The molecule has 1 heterocycles. The number of nitrogens with one attached hydrogen (secondary N) is 1. The standard InChI is InChI=1S/C11H18ClN3O/c1-8(4-6-16-2)11(15-13)9-3-5-14-10(12)7-9/h3,5,7-8,11,15H,4,6,13H2,1-2H3. The summed E-state index contributed by atoms with van der Waals surface area (Å²) in [6, 6.07) is 3.81. The SMILES string of the molecule is COCCC(C)C(NN)c1ccnc(Cl)c1. The summed E-state index contributed by atoms with van der Waals surface area (Å²) in [4.78, 5) is 3.95. The van der Waals surface area contributed by atoms with Gasteiger partial charge in [0.05, 0.1) is 0 Å². The predicted molar refractivity (Wildman–Crippen MR) is 65.0 cm³/mol. The number of aromatic nitrogens is 1. The van der Waals surface area contributed by atoms with Gasteiger partial charge in [-0.15, -0.1) is 0 Å². The van der Waals surface area contributed by atoms with Gasteiger partial charge in [0.25, 0.3) is 0 Å². The van der Waals surface area contributed by atoms with Crippen LogP contribution in [0.5, 0.6) is 0 Å². The van der Waals surface area contributed by atoms with Crippen LogP contribution in [-0.4, -0.2) is 18.7 Å². The largest absolute Gasteiger partial charge is 0.385 e. The molecule has 1 aromatic heterocycles. The lowest BCUT2D eigenvalue weighted by Crippen LogP contribution is -2.33. The highest BCUT2D eigenvalue weighted by atomic mass is 35.5. The van der Waals surface area contributed by atoms with E-state index in [0.29, 0.717) is 11.1 Å². The van der Waals surface area contributed by atoms with E-state index in [1.807, 2.05) is 12.1 Å². The van der Waals surface area contributed by atoms with E-state index in [4.69, 9.17) is 22.2 Å². The Morgan fingerprint density at radius 1 is 1.62 bits per heavy atom. The molecular weight excluding hydrogens is 226 g/mol. The second kappa shape index (κ2) is 6.81. The first-order chi connectivity index (χ1) is 7.69. The monoisotopic (exact) mass is 243 g/mol. The second-order valence-corrected chi connectivity index (χ2v) is 4.20. The van der Waals surface area contributed by atoms with Crippen molar-refractivity contribution in [3.8, 4) is 0 Å². The van der Waals surface area contributed by atoms with Crippen molar-refractivity contribution in [2.24, 2.45) is 11.8 Å². The maximum Gasteiger partial charge on any atom is 0.129 e. The van der Waals surface area contributed by atoms with Gasteiger partial charge in [-0.1, -0.05) is 18.5 Å². The van der Waals surface area contributed by atoms with Crippen molar-refractivity contribution in [2.75, 3.05) is 13.7 Å². The molecule has 0 saturated carbocycles. The quantitative estimate of drug-likeness (QED) is 0.455. The Labute approximate surface area is 101 Å². The Balaban J connectivity index is 2.73. The van der Waals surface area contributed by atoms with Crippen LogP contribution in [0, 0.1) is 5.92 Å². The Morgan fingerprint density at radius 2 is 2.38 bits per heavy atom. The van der Waals surface area contributed by atoms with Crippen molar-refractivity contribution >= 4 is 11.6 Å². The van der Waals surface area contributed by atoms with Crippen molar-refractivity contribution in [1.82, 2.24) is 10.4 Å². The van der Waals surface area contributed by atoms with Gasteiger partial charge in [0.15, 0.2) is 0 Å². The number of rotatable bonds is 6. The average Bonchev–Trinajstić information content (AvgIpc) is 2.27. The van der Waals surface area contributed by atoms with E-state index in [9.17, 15) is 0 Å². The molecule has 3 N–H and O–H groups in total. The van der Waals surface area contributed by atoms with Crippen LogP contribution in [0.1, 0.15) is 24.9 Å². The summed E-state index contributed by atoms with van der Waals surface area (Å²) in [5.74, 6) is 5.94. The number of ether oxygens (including phenoxy) is 1. The van der Waals surface area contributed by atoms with E-state index in [-0.39, 0.29) is 6.04 Å². The van der Waals surface area contributed by atoms with Gasteiger partial charge in [-0.05, 0) is 30.0 Å². The Bertz CT molecular complexity index is 322. The van der Waals surface area contributed by atoms with Gasteiger partial charge in [0.2, 0.25) is 0 Å². The van der Waals surface area contributed by atoms with Crippen LogP contribution in [0.3, 0.4) is 0 Å². The zero-order valence-corrected chi connectivity index (χ0v) is 10.4. The lowest BCUT2D eigenvalue weighted by atomic mass is 9.93. The summed E-state index contributed by atoms with van der Waals surface area (Å²) < 4.78 is 5.06. The molecule has 4 nitrogen and oxygen atoms in total. The van der Waals surface area contributed by atoms with Crippen LogP contribution in [0.4, 0.5) is 0 Å². The van der Waals surface area contributed by atoms with Crippen LogP contribution >= 0.6 is 11.6 Å². The van der Waals surface area contributed by atoms with E-state index in [1.54, 1.807) is 13.3 Å². The summed E-state index contributed by atoms with van der Waals surface area (Å²) in [5.41, 5.74) is 3.86. The van der Waals surface area contributed by atoms with E-state index in [0.717, 1.165) is 18.6 Å². The summed E-state index contributed by atoms with van der Waals surface area (Å²) in [6.07, 6.45) is 2.62. The molecule has 0 saturated heterocycles. The van der Waals surface area contributed by atoms with E-state index < -0.39 is 0 Å². The molecule has 1 rings (SSSR count). The van der Waals surface area contributed by atoms with Gasteiger partial charge >= 0.3 is 0 Å². The number of hydrogen-bond acceptors (Lipinski definition) is 4. The molecule has 2 atom stereocenters. The molecule has 16 heavy (non-hydrogen) atoms. The molecule has 0 aliphatic rings. The van der Waals surface area contributed by atoms with Crippen LogP contribution in [0.25, 0.3) is 0 Å². The number of pyridine rings is 1. The molecule has 0 spiro atoms. The van der Waals surface area contributed by atoms with Crippen molar-refractivity contribution < 1.29 is 4.74 Å². The number of halogens is 1. The zero-order chi connectivity index (χ0) is 12.0. The fraction of sp³-hybridized carbons (Fsp3) is 0.545. The van der Waals surface area contributed by atoms with E-state index in [1.165, 1.54) is 0 Å². The maximum atomic E-state index is 5.85. The van der Waals surface area contributed by atoms with Crippen LogP contribution in [-0.2, 0) is 4.74 Å². The van der Waals surface area contributed by atoms with Gasteiger partial charge in [-0.25, -0.2) is 4.98 Å². The molecule has 0 fully saturated rings. The third-order valence-corrected chi connectivity index (χ3v) is 2.84. The highest BCUT2D eigenvalue weighted by Gasteiger charge is 2.17. The second-order valence-electron chi connectivity index (χ2n) is 3.81. The number of methoxy groups -OCH3 is 1. The van der Waals surface area contributed by atoms with Crippen LogP contribution < -0.4 is 11.3 Å². The topological polar surface area (TPSA) is 60.2 Å². The highest BCUT2D eigenvalue weighted by molar-refractivity contribution is 6.29. The minimum atomic E-state index is 0.0654. The number of hydrogen-bond donors (Lipinski definition) is 2. The van der Waals surface area contributed by atoms with E-state index >= 15 is 0 Å². The first-order valence-electron chi connectivity index (χ1n) is 5.25. The third kappa shape index (κ3) is 3.72. The molecule has 2 unspecified atom stereocenters. The summed E-state index contributed by atoms with van der Waals surface area (Å²) in [7, 11) is 1.70. The van der Waals surface area contributed by atoms with Crippen LogP contribution in [0.15, 0.2) is 18.3 Å². The number of nitrogens with zero attached hydrogens (tertiary/aromatic N) is 1. The zero-order valence-electron chi connectivity index (χ0n) is 9.61. The molecule has 0 bridgehead atoms. The lowest BCUT2D eigenvalue weighted by Gasteiger charge is -2.23. The first kappa shape index (κ1) is 13.4. The molecule has 1 aromatic rings. The van der Waals surface area contributed by atoms with Crippen molar-refractivity contribution in [3.05, 3.63) is 29.0 Å². The first-order valence-corrected chi connectivity index (χ1v) is 5.63. The molecular formula is C11H18ClN3O. The maximum absolute atomic E-state index is 5.85. The summed E-state index contributed by atoms with van der Waals surface area (Å²) in [6.45, 7) is 2.84. The van der Waals surface area contributed by atoms with Crippen molar-refractivity contribution in [1.29, 1.82) is 0 Å². The lowest BCUT2D eigenvalue weighted by molar-refractivity contribution is 0.170. The molecule has 5 heteroatoms. The molecule has 0 radical (unpaired) electrons. The van der Waals surface area contributed by atoms with Crippen molar-refractivity contribution in [2.45, 2.75) is 19.4 Å². The molecule has 0 aliphatic heterocycles. The third-order valence-electron chi connectivity index (χ3n) is 2.64. The Kier molecular flexibility index (Phi) is 5.69. The normalized spacial score (nSPS) is 14.8. The molecule has 90 valence electrons. The van der Waals surface area contributed by atoms with E-state index in [2.05, 4.69) is 17.3 Å². The predicted octanol–water partition coefficient (Wildman–Crippen LogP) is 1.91. The van der Waals surface area contributed by atoms with Gasteiger partial charge in [0.1, 0.15) is 5.15 Å². The van der Waals surface area contributed by atoms with Crippen molar-refractivity contribution in [3.63, 3.8) is 0 Å². The van der Waals surface area contributed by atoms with Gasteiger partial charge < -0.3 is 4.74 Å². The van der Waals surface area contributed by atoms with Gasteiger partial charge in [-0.2, -0.15) is 0 Å². The summed E-state index contributed by atoms with van der Waals surface area (Å²) in [5, 5.41) is 0.483. The molecule has 0 aliphatic carbocycles. The average molecular weight is 244 g/mol. The van der Waals surface area contributed by atoms with Crippen LogP contribution in [0.2, 0.25) is 5.15 Å². The molecule has 0 aromatic carbocycles. The van der Waals surface area contributed by atoms with Gasteiger partial charge in [-0.3, -0.25) is 11.3 Å². The van der Waals surface area contributed by atoms with Gasteiger partial charge in [0, 0.05) is 26.0 Å². The number of nitrogens with two attached hydrogens (primary N) is 1. The Hall–Kier alpha value is -0.680. The smallest absolute Gasteiger partial charge is 0.129 e. The summed E-state index contributed by atoms with van der Waals surface area (Å²) >= 11 is 5.85. The minimum absolute atomic E-state index is 0.0654. The number of hydrazine groups is 1. The fourth-order valence-electron chi connectivity index (χ4n) is 1.67. The Morgan fingerprint density at radius 3 is 2.94 bits per heavy atom. The fourth-order valence-corrected chi connectivity index (χ4v) is 1.85. The minimum Gasteiger partial charge on any atom is -0.385 e. The molecule has 0 amide bonds.